The van der Waals surface area contributed by atoms with Gasteiger partial charge in [0, 0.05) is 31.3 Å². The first kappa shape index (κ1) is 17.1. The zero-order valence-corrected chi connectivity index (χ0v) is 13.2. The molecule has 0 unspecified atom stereocenters. The lowest BCUT2D eigenvalue weighted by Gasteiger charge is -2.25. The molecule has 1 fully saturated rings. The van der Waals surface area contributed by atoms with Crippen molar-refractivity contribution in [2.45, 2.75) is 19.3 Å². The van der Waals surface area contributed by atoms with Crippen LogP contribution >= 0.6 is 0 Å². The Kier molecular flexibility index (Phi) is 5.45. The van der Waals surface area contributed by atoms with Crippen molar-refractivity contribution in [2.75, 3.05) is 13.1 Å². The number of carbonyl (C=O) groups is 1. The van der Waals surface area contributed by atoms with Gasteiger partial charge in [-0.25, -0.2) is 4.72 Å². The first-order chi connectivity index (χ1) is 10.9. The molecule has 1 N–H and O–H groups in total. The van der Waals surface area contributed by atoms with Crippen molar-refractivity contribution in [2.24, 2.45) is 0 Å². The lowest BCUT2D eigenvalue weighted by atomic mass is 10.2. The minimum absolute atomic E-state index is 0.103. The molecule has 1 aliphatic rings. The van der Waals surface area contributed by atoms with Crippen LogP contribution in [-0.4, -0.2) is 36.6 Å². The van der Waals surface area contributed by atoms with Crippen molar-refractivity contribution < 1.29 is 18.1 Å². The lowest BCUT2D eigenvalue weighted by molar-refractivity contribution is -0.384. The standard InChI is InChI=1S/C14H17N3O5S/c18-14(15-23(21,22)16-9-2-1-3-10-16)8-7-12-5-4-6-13(11-12)17(19)20/h4-8,11H,1-3,9-10H2,(H,15,18)/b8-7+. The number of piperidine rings is 1. The largest absolute Gasteiger partial charge is 0.304 e. The summed E-state index contributed by atoms with van der Waals surface area (Å²) in [4.78, 5) is 21.9. The minimum atomic E-state index is -3.83. The highest BCUT2D eigenvalue weighted by Crippen LogP contribution is 2.14. The van der Waals surface area contributed by atoms with E-state index in [9.17, 15) is 23.3 Å². The summed E-state index contributed by atoms with van der Waals surface area (Å²) in [6, 6.07) is 5.69. The Morgan fingerprint density at radius 2 is 1.96 bits per heavy atom. The molecule has 0 radical (unpaired) electrons. The molecular formula is C14H17N3O5S. The number of carbonyl (C=O) groups excluding carboxylic acids is 1. The number of amides is 1. The van der Waals surface area contributed by atoms with Crippen LogP contribution in [0.25, 0.3) is 6.08 Å². The average molecular weight is 339 g/mol. The van der Waals surface area contributed by atoms with Crippen molar-refractivity contribution in [3.63, 3.8) is 0 Å². The molecule has 23 heavy (non-hydrogen) atoms. The maximum atomic E-state index is 12.0. The van der Waals surface area contributed by atoms with Gasteiger partial charge in [-0.2, -0.15) is 12.7 Å². The van der Waals surface area contributed by atoms with Gasteiger partial charge >= 0.3 is 10.2 Å². The van der Waals surface area contributed by atoms with Gasteiger partial charge in [0.25, 0.3) is 11.6 Å². The first-order valence-corrected chi connectivity index (χ1v) is 8.57. The van der Waals surface area contributed by atoms with E-state index in [1.165, 1.54) is 28.6 Å². The number of nitrogens with zero attached hydrogens (tertiary/aromatic N) is 2. The molecule has 0 aromatic heterocycles. The highest BCUT2D eigenvalue weighted by molar-refractivity contribution is 7.87. The maximum absolute atomic E-state index is 12.0. The average Bonchev–Trinajstić information content (AvgIpc) is 2.53. The summed E-state index contributed by atoms with van der Waals surface area (Å²) >= 11 is 0. The van der Waals surface area contributed by atoms with Gasteiger partial charge < -0.3 is 0 Å². The predicted octanol–water partition coefficient (Wildman–Crippen LogP) is 1.45. The first-order valence-electron chi connectivity index (χ1n) is 7.13. The highest BCUT2D eigenvalue weighted by Gasteiger charge is 2.24. The third-order valence-corrected chi connectivity index (χ3v) is 4.90. The molecule has 1 amide bonds. The summed E-state index contributed by atoms with van der Waals surface area (Å²) in [5.74, 6) is -0.790. The molecule has 0 aliphatic carbocycles. The van der Waals surface area contributed by atoms with Crippen molar-refractivity contribution in [1.82, 2.24) is 9.03 Å². The van der Waals surface area contributed by atoms with E-state index in [1.807, 2.05) is 4.72 Å². The van der Waals surface area contributed by atoms with Crippen LogP contribution in [0.4, 0.5) is 5.69 Å². The van der Waals surface area contributed by atoms with Crippen molar-refractivity contribution in [3.8, 4) is 0 Å². The van der Waals surface area contributed by atoms with Crippen LogP contribution in [0.5, 0.6) is 0 Å². The second-order valence-corrected chi connectivity index (χ2v) is 6.79. The number of rotatable bonds is 5. The Hall–Kier alpha value is -2.26. The Morgan fingerprint density at radius 3 is 2.61 bits per heavy atom. The number of non-ortho nitro benzene ring substituents is 1. The fraction of sp³-hybridized carbons (Fsp3) is 0.357. The molecular weight excluding hydrogens is 322 g/mol. The van der Waals surface area contributed by atoms with E-state index in [1.54, 1.807) is 6.07 Å². The molecule has 1 aliphatic heterocycles. The molecule has 1 saturated heterocycles. The van der Waals surface area contributed by atoms with Crippen LogP contribution < -0.4 is 4.72 Å². The van der Waals surface area contributed by atoms with Gasteiger partial charge in [0.15, 0.2) is 0 Å². The van der Waals surface area contributed by atoms with Crippen LogP contribution in [0, 0.1) is 10.1 Å². The quantitative estimate of drug-likeness (QED) is 0.496. The lowest BCUT2D eigenvalue weighted by Crippen LogP contribution is -2.45. The van der Waals surface area contributed by atoms with Crippen LogP contribution in [0.15, 0.2) is 30.3 Å². The maximum Gasteiger partial charge on any atom is 0.304 e. The topological polar surface area (TPSA) is 110 Å². The second-order valence-electron chi connectivity index (χ2n) is 5.12. The number of nitro groups is 1. The van der Waals surface area contributed by atoms with Crippen molar-refractivity contribution in [1.29, 1.82) is 0 Å². The zero-order chi connectivity index (χ0) is 16.9. The SMILES string of the molecule is O=C(/C=C/c1cccc([N+](=O)[O-])c1)NS(=O)(=O)N1CCCCC1. The monoisotopic (exact) mass is 339 g/mol. The van der Waals surface area contributed by atoms with E-state index < -0.39 is 21.0 Å². The zero-order valence-electron chi connectivity index (χ0n) is 12.3. The van der Waals surface area contributed by atoms with Crippen LogP contribution in [0.2, 0.25) is 0 Å². The van der Waals surface area contributed by atoms with Crippen LogP contribution in [-0.2, 0) is 15.0 Å². The van der Waals surface area contributed by atoms with E-state index in [4.69, 9.17) is 0 Å². The Bertz CT molecular complexity index is 724. The summed E-state index contributed by atoms with van der Waals surface area (Å²) in [7, 11) is -3.83. The smallest absolute Gasteiger partial charge is 0.269 e. The molecule has 0 saturated carbocycles. The molecule has 9 heteroatoms. The molecule has 0 bridgehead atoms. The fourth-order valence-electron chi connectivity index (χ4n) is 2.24. The third-order valence-electron chi connectivity index (χ3n) is 3.39. The predicted molar refractivity (Wildman–Crippen MR) is 84.6 cm³/mol. The normalized spacial score (nSPS) is 16.3. The van der Waals surface area contributed by atoms with Gasteiger partial charge in [-0.05, 0) is 24.5 Å². The van der Waals surface area contributed by atoms with Gasteiger partial charge in [-0.1, -0.05) is 18.6 Å². The second kappa shape index (κ2) is 7.34. The van der Waals surface area contributed by atoms with E-state index in [0.717, 1.165) is 25.3 Å². The van der Waals surface area contributed by atoms with Crippen LogP contribution in [0.3, 0.4) is 0 Å². The molecule has 2 rings (SSSR count). The Labute approximate surface area is 134 Å². The van der Waals surface area contributed by atoms with Gasteiger partial charge in [-0.15, -0.1) is 0 Å². The summed E-state index contributed by atoms with van der Waals surface area (Å²) in [6.45, 7) is 0.800. The van der Waals surface area contributed by atoms with E-state index in [0.29, 0.717) is 18.7 Å². The Morgan fingerprint density at radius 1 is 1.26 bits per heavy atom. The number of nitrogens with one attached hydrogen (secondary N) is 1. The third kappa shape index (κ3) is 4.86. The summed E-state index contributed by atoms with van der Waals surface area (Å²) < 4.78 is 27.3. The Balaban J connectivity index is 2.01. The minimum Gasteiger partial charge on any atom is -0.269 e. The van der Waals surface area contributed by atoms with Gasteiger partial charge in [0.05, 0.1) is 4.92 Å². The summed E-state index contributed by atoms with van der Waals surface area (Å²) in [6.07, 6.45) is 4.90. The fourth-order valence-corrected chi connectivity index (χ4v) is 3.44. The van der Waals surface area contributed by atoms with E-state index in [-0.39, 0.29) is 5.69 Å². The van der Waals surface area contributed by atoms with Crippen molar-refractivity contribution >= 4 is 27.9 Å². The highest BCUT2D eigenvalue weighted by atomic mass is 32.2. The molecule has 1 aromatic rings. The van der Waals surface area contributed by atoms with Gasteiger partial charge in [-0.3, -0.25) is 14.9 Å². The molecule has 124 valence electrons. The number of hydrogen-bond donors (Lipinski definition) is 1. The number of hydrogen-bond acceptors (Lipinski definition) is 5. The number of nitro benzene ring substituents is 1. The molecule has 1 aromatic carbocycles. The van der Waals surface area contributed by atoms with Gasteiger partial charge in [0.2, 0.25) is 0 Å². The van der Waals surface area contributed by atoms with Crippen molar-refractivity contribution in [3.05, 3.63) is 46.0 Å². The number of benzene rings is 1. The summed E-state index contributed by atoms with van der Waals surface area (Å²) in [5.41, 5.74) is 0.332. The van der Waals surface area contributed by atoms with E-state index in [2.05, 4.69) is 0 Å². The molecule has 8 nitrogen and oxygen atoms in total. The summed E-state index contributed by atoms with van der Waals surface area (Å²) in [5, 5.41) is 10.7. The molecule has 1 heterocycles. The van der Waals surface area contributed by atoms with E-state index >= 15 is 0 Å². The molecule has 0 atom stereocenters. The molecule has 0 spiro atoms. The van der Waals surface area contributed by atoms with Gasteiger partial charge in [0.1, 0.15) is 0 Å². The van der Waals surface area contributed by atoms with Crippen LogP contribution in [0.1, 0.15) is 24.8 Å².